The lowest BCUT2D eigenvalue weighted by Gasteiger charge is -2.72. The molecule has 16 heteroatoms. The Labute approximate surface area is 475 Å². The van der Waals surface area contributed by atoms with Gasteiger partial charge in [0.05, 0.1) is 36.4 Å². The highest BCUT2D eigenvalue weighted by molar-refractivity contribution is 8.76. The van der Waals surface area contributed by atoms with E-state index in [1.807, 2.05) is 24.3 Å². The molecule has 2 aromatic rings. The maximum absolute atomic E-state index is 16.4. The third kappa shape index (κ3) is 6.85. The second kappa shape index (κ2) is 18.3. The average Bonchev–Trinajstić information content (AvgIpc) is 3.89. The first-order valence-corrected chi connectivity index (χ1v) is 32.4. The SMILES string of the molecule is O=C[C@@H]1C[C@]2(CCC3(CCCC3)C2)C[C@]12C[C@H]1C[C@H]3C[C@H]4[C@@H]5[C@]1(C2)C1=C3CNC(=C1)NCSS[C@@H](CCCO)[C@]12C(=O)c3c(cccc3C(=O)[C@H]1C=C(Cc1cccc(CO)c1)C=C2O)O[C@]12CC[C@@H]4[C@](CO)(O1)[C@@H](O)[C@]5(O)[C@H]2O. The minimum Gasteiger partial charge on any atom is -0.511 e. The smallest absolute Gasteiger partial charge is 0.240 e. The number of nitrogens with one attached hydrogen (secondary N) is 2. The van der Waals surface area contributed by atoms with Crippen LogP contribution in [0.4, 0.5) is 0 Å². The maximum atomic E-state index is 16.4. The Kier molecular flexibility index (Phi) is 12.1. The standard InChI is InChI=1S/C64H76N2O12S2/c67-17-5-10-49-63-46(20-37(21-48(63)71)19-35-6-3-7-36(18-35)28-68)52(72)41-8-4-9-47(51(41)54(63)73)77-62-14-11-44-42-23-38-22-39-26-59(31-58(25-40(59)29-69)16-15-57(30-58)12-1-2-13-57)32-60(39,45-24-50(65-27-43(38)45)66-34-79-80-49)53(42)64(76,56(62)75)55(74)61(44,33-70)78-62/h3-4,6-9,18,20-21,24,29,38-40,42,44,46,49,53,55-56,65-68,70-71,74-76H,1-2,5,10-17,19,22-23,25-28,30-34H2/t38-,39+,40-,42+,44-,46+,49-,53+,55+,56-,58-,59-,60-,61-,62+,63-,64-/m0/s1. The van der Waals surface area contributed by atoms with E-state index in [-0.39, 0.29) is 89.6 Å². The van der Waals surface area contributed by atoms with Crippen molar-refractivity contribution in [3.63, 3.8) is 0 Å². The van der Waals surface area contributed by atoms with Gasteiger partial charge in [0.15, 0.2) is 17.7 Å². The highest BCUT2D eigenvalue weighted by Gasteiger charge is 2.84. The zero-order valence-electron chi connectivity index (χ0n) is 45.4. The maximum Gasteiger partial charge on any atom is 0.240 e. The van der Waals surface area contributed by atoms with Crippen molar-refractivity contribution in [2.45, 2.75) is 157 Å². The molecular formula is C64H76N2O12S2. The van der Waals surface area contributed by atoms with Crippen LogP contribution in [-0.2, 0) is 22.6 Å². The zero-order chi connectivity index (χ0) is 55.0. The predicted molar refractivity (Wildman–Crippen MR) is 300 cm³/mol. The number of dihydropyridines is 1. The molecular weight excluding hydrogens is 1050 g/mol. The van der Waals surface area contributed by atoms with E-state index in [2.05, 4.69) is 16.7 Å². The fraction of sp³-hybridized carbons (Fsp3) is 0.641. The van der Waals surface area contributed by atoms with E-state index in [1.54, 1.807) is 30.4 Å². The quantitative estimate of drug-likeness (QED) is 0.0910. The monoisotopic (exact) mass is 1130 g/mol. The first-order chi connectivity index (χ1) is 38.6. The molecule has 10 bridgehead atoms. The first kappa shape index (κ1) is 52.8. The summed E-state index contributed by atoms with van der Waals surface area (Å²) in [5.74, 6) is -5.20. The van der Waals surface area contributed by atoms with Crippen LogP contribution in [0.25, 0.3) is 0 Å². The van der Waals surface area contributed by atoms with Gasteiger partial charge in [-0.15, -0.1) is 0 Å². The van der Waals surface area contributed by atoms with Gasteiger partial charge in [-0.25, -0.2) is 0 Å². The van der Waals surface area contributed by atoms with Gasteiger partial charge in [-0.1, -0.05) is 76.9 Å². The zero-order valence-corrected chi connectivity index (χ0v) is 47.0. The largest absolute Gasteiger partial charge is 0.511 e. The van der Waals surface area contributed by atoms with Crippen molar-refractivity contribution in [1.82, 2.24) is 10.6 Å². The molecule has 14 aliphatic rings. The van der Waals surface area contributed by atoms with Gasteiger partial charge in [0.2, 0.25) is 5.79 Å². The summed E-state index contributed by atoms with van der Waals surface area (Å²) in [6.07, 6.45) is 17.7. The predicted octanol–water partition coefficient (Wildman–Crippen LogP) is 7.70. The third-order valence-corrected chi connectivity index (χ3v) is 27.0. The Morgan fingerprint density at radius 1 is 0.875 bits per heavy atom. The molecule has 9 N–H and O–H groups in total. The lowest BCUT2D eigenvalue weighted by Crippen LogP contribution is -2.88. The third-order valence-electron chi connectivity index (χ3n) is 24.3. The number of benzene rings is 2. The van der Waals surface area contributed by atoms with E-state index in [0.29, 0.717) is 54.7 Å². The average molecular weight is 1130 g/mol. The Morgan fingerprint density at radius 2 is 1.69 bits per heavy atom. The van der Waals surface area contributed by atoms with Crippen molar-refractivity contribution in [2.24, 2.45) is 68.5 Å². The van der Waals surface area contributed by atoms with Crippen LogP contribution >= 0.6 is 21.6 Å². The van der Waals surface area contributed by atoms with Crippen LogP contribution in [0.2, 0.25) is 0 Å². The summed E-state index contributed by atoms with van der Waals surface area (Å²) in [5, 5.41) is 93.5. The van der Waals surface area contributed by atoms with Crippen LogP contribution in [0.3, 0.4) is 0 Å². The summed E-state index contributed by atoms with van der Waals surface area (Å²) in [7, 11) is 2.86. The Morgan fingerprint density at radius 3 is 2.49 bits per heavy atom. The van der Waals surface area contributed by atoms with E-state index in [0.717, 1.165) is 55.5 Å². The summed E-state index contributed by atoms with van der Waals surface area (Å²) in [5.41, 5.74) is -2.27. The van der Waals surface area contributed by atoms with Crippen molar-refractivity contribution in [1.29, 1.82) is 0 Å². The second-order valence-electron chi connectivity index (χ2n) is 27.6. The first-order valence-electron chi connectivity index (χ1n) is 30.0. The summed E-state index contributed by atoms with van der Waals surface area (Å²) in [4.78, 5) is 45.9. The van der Waals surface area contributed by atoms with Crippen molar-refractivity contribution in [3.8, 4) is 5.75 Å². The van der Waals surface area contributed by atoms with Gasteiger partial charge in [0.25, 0.3) is 0 Å². The number of aliphatic hydroxyl groups excluding tert-OH is 6. The topological polar surface area (TPSA) is 235 Å². The van der Waals surface area contributed by atoms with Crippen molar-refractivity contribution < 1.29 is 59.6 Å². The van der Waals surface area contributed by atoms with Gasteiger partial charge >= 0.3 is 0 Å². The Hall–Kier alpha value is -3.97. The molecule has 2 aromatic carbocycles. The molecule has 0 unspecified atom stereocenters. The molecule has 6 spiro atoms. The number of rotatable bonds is 8. The molecule has 4 aliphatic heterocycles. The molecule has 0 aromatic heterocycles. The number of carbonyl (C=O) groups excluding carboxylic acids is 3. The van der Waals surface area contributed by atoms with Crippen LogP contribution < -0.4 is 15.4 Å². The molecule has 10 aliphatic carbocycles. The molecule has 17 atom stereocenters. The molecule has 14 nitrogen and oxygen atoms in total. The molecule has 0 radical (unpaired) electrons. The molecule has 8 fully saturated rings. The van der Waals surface area contributed by atoms with Gasteiger partial charge in [-0.3, -0.25) is 9.59 Å². The summed E-state index contributed by atoms with van der Waals surface area (Å²) >= 11 is 0. The van der Waals surface area contributed by atoms with Crippen LogP contribution in [-0.4, -0.2) is 114 Å². The van der Waals surface area contributed by atoms with E-state index >= 15 is 9.59 Å². The van der Waals surface area contributed by atoms with Crippen molar-refractivity contribution in [2.75, 3.05) is 25.6 Å². The minimum atomic E-state index is -2.35. The highest BCUT2D eigenvalue weighted by atomic mass is 33.1. The van der Waals surface area contributed by atoms with Gasteiger partial charge in [0.1, 0.15) is 40.5 Å². The molecule has 6 saturated carbocycles. The van der Waals surface area contributed by atoms with Crippen molar-refractivity contribution >= 4 is 39.4 Å². The van der Waals surface area contributed by atoms with E-state index < -0.39 is 81.2 Å². The number of hydrogen-bond donors (Lipinski definition) is 9. The van der Waals surface area contributed by atoms with Gasteiger partial charge in [-0.2, -0.15) is 0 Å². The van der Waals surface area contributed by atoms with Crippen LogP contribution in [0.5, 0.6) is 5.75 Å². The molecule has 426 valence electrons. The number of hydrogen-bond acceptors (Lipinski definition) is 16. The van der Waals surface area contributed by atoms with Crippen LogP contribution in [0.1, 0.15) is 141 Å². The fourth-order valence-corrected chi connectivity index (χ4v) is 24.5. The normalized spacial score (nSPS) is 45.0. The lowest BCUT2D eigenvalue weighted by atomic mass is 9.42. The highest BCUT2D eigenvalue weighted by Crippen LogP contribution is 2.81. The summed E-state index contributed by atoms with van der Waals surface area (Å²) < 4.78 is 14.3. The number of allylic oxidation sites excluding steroid dienone is 6. The number of carbonyl (C=O) groups is 3. The van der Waals surface area contributed by atoms with E-state index in [4.69, 9.17) is 9.47 Å². The molecule has 4 heterocycles. The lowest BCUT2D eigenvalue weighted by molar-refractivity contribution is -0.461. The summed E-state index contributed by atoms with van der Waals surface area (Å²) in [6, 6.07) is 12.2. The number of aliphatic hydroxyl groups is 7. The van der Waals surface area contributed by atoms with Crippen LogP contribution in [0, 0.1) is 68.5 Å². The number of ketones is 2. The number of aldehydes is 1. The van der Waals surface area contributed by atoms with Gasteiger partial charge in [-0.05, 0) is 182 Å². The van der Waals surface area contributed by atoms with E-state index in [9.17, 15) is 40.5 Å². The Balaban J connectivity index is 0.903. The van der Waals surface area contributed by atoms with E-state index in [1.165, 1.54) is 65.6 Å². The Bertz CT molecular complexity index is 3120. The van der Waals surface area contributed by atoms with Crippen molar-refractivity contribution in [3.05, 3.63) is 111 Å². The summed E-state index contributed by atoms with van der Waals surface area (Å²) in [6.45, 7) is -0.492. The van der Waals surface area contributed by atoms with Crippen LogP contribution in [0.15, 0.2) is 89.0 Å². The fourth-order valence-electron chi connectivity index (χ4n) is 21.7. The number of Topliss-reactive ketones (excluding diaryl/α,β-unsaturated/α-hetero) is 2. The molecule has 80 heavy (non-hydrogen) atoms. The molecule has 2 saturated heterocycles. The molecule has 16 rings (SSSR count). The number of ether oxygens (including phenoxy) is 2. The second-order valence-corrected chi connectivity index (χ2v) is 30.2. The minimum absolute atomic E-state index is 0.00723. The molecule has 0 amide bonds. The van der Waals surface area contributed by atoms with Gasteiger partial charge < -0.3 is 60.6 Å². The van der Waals surface area contributed by atoms with Gasteiger partial charge in [0, 0.05) is 47.6 Å².